The number of rotatable bonds is 6. The largest absolute Gasteiger partial charge is 0.481 e. The van der Waals surface area contributed by atoms with Crippen molar-refractivity contribution in [3.8, 4) is 17.2 Å². The van der Waals surface area contributed by atoms with Gasteiger partial charge in [-0.15, -0.1) is 0 Å². The number of hydrogen-bond donors (Lipinski definition) is 2. The van der Waals surface area contributed by atoms with Crippen molar-refractivity contribution < 1.29 is 28.2 Å². The van der Waals surface area contributed by atoms with Gasteiger partial charge in [0.2, 0.25) is 12.7 Å². The number of nitrogens with one attached hydrogen (secondary N) is 2. The monoisotopic (exact) mass is 374 g/mol. The molecule has 0 spiro atoms. The van der Waals surface area contributed by atoms with Gasteiger partial charge in [0.05, 0.1) is 0 Å². The number of ether oxygens (including phenoxy) is 3. The zero-order chi connectivity index (χ0) is 19.2. The summed E-state index contributed by atoms with van der Waals surface area (Å²) in [5.41, 5.74) is 5.58. The van der Waals surface area contributed by atoms with Crippen molar-refractivity contribution in [3.63, 3.8) is 0 Å². The Labute approximate surface area is 155 Å². The molecule has 0 saturated carbocycles. The molecule has 7 nitrogen and oxygen atoms in total. The van der Waals surface area contributed by atoms with Gasteiger partial charge in [-0.2, -0.15) is 0 Å². The standard InChI is InChI=1S/C19H19FN2O5/c1-12(27-15-6-4-14(20)5-7-15)19(24)22-21-18(23)9-3-13-2-8-16-17(10-13)26-11-25-16/h2,4-8,10,12H,3,9,11H2,1H3,(H,21,23)(H,22,24). The van der Waals surface area contributed by atoms with Gasteiger partial charge in [0.15, 0.2) is 17.6 Å². The molecule has 1 atom stereocenters. The molecule has 2 aromatic carbocycles. The normalized spacial score (nSPS) is 13.0. The van der Waals surface area contributed by atoms with Crippen molar-refractivity contribution in [2.75, 3.05) is 6.79 Å². The van der Waals surface area contributed by atoms with Crippen LogP contribution in [0.2, 0.25) is 0 Å². The van der Waals surface area contributed by atoms with Crippen LogP contribution in [0.15, 0.2) is 42.5 Å². The third kappa shape index (κ3) is 5.10. The van der Waals surface area contributed by atoms with Gasteiger partial charge in [-0.25, -0.2) is 4.39 Å². The maximum atomic E-state index is 12.9. The van der Waals surface area contributed by atoms with Crippen LogP contribution in [0.3, 0.4) is 0 Å². The molecule has 1 unspecified atom stereocenters. The molecular weight excluding hydrogens is 355 g/mol. The Kier molecular flexibility index (Phi) is 5.75. The molecule has 27 heavy (non-hydrogen) atoms. The van der Waals surface area contributed by atoms with E-state index in [1.54, 1.807) is 6.07 Å². The molecule has 142 valence electrons. The van der Waals surface area contributed by atoms with Crippen molar-refractivity contribution in [1.29, 1.82) is 0 Å². The zero-order valence-electron chi connectivity index (χ0n) is 14.7. The number of halogens is 1. The average Bonchev–Trinajstić information content (AvgIpc) is 3.14. The smallest absolute Gasteiger partial charge is 0.279 e. The van der Waals surface area contributed by atoms with Crippen LogP contribution >= 0.6 is 0 Å². The third-order valence-electron chi connectivity index (χ3n) is 3.90. The molecule has 0 saturated heterocycles. The quantitative estimate of drug-likeness (QED) is 0.757. The Bertz CT molecular complexity index is 825. The summed E-state index contributed by atoms with van der Waals surface area (Å²) < 4.78 is 28.8. The lowest BCUT2D eigenvalue weighted by Gasteiger charge is -2.15. The molecule has 0 fully saturated rings. The number of fused-ring (bicyclic) bond motifs is 1. The maximum Gasteiger partial charge on any atom is 0.279 e. The van der Waals surface area contributed by atoms with E-state index in [-0.39, 0.29) is 19.1 Å². The van der Waals surface area contributed by atoms with Crippen molar-refractivity contribution in [2.45, 2.75) is 25.9 Å². The minimum absolute atomic E-state index is 0.188. The molecule has 2 N–H and O–H groups in total. The summed E-state index contributed by atoms with van der Waals surface area (Å²) in [7, 11) is 0. The number of amides is 2. The van der Waals surface area contributed by atoms with Crippen LogP contribution in [0.1, 0.15) is 18.9 Å². The first-order chi connectivity index (χ1) is 13.0. The predicted molar refractivity (Wildman–Crippen MR) is 93.7 cm³/mol. The van der Waals surface area contributed by atoms with Crippen LogP contribution in [0.5, 0.6) is 17.2 Å². The SMILES string of the molecule is CC(Oc1ccc(F)cc1)C(=O)NNC(=O)CCc1ccc2c(c1)OCO2. The Morgan fingerprint density at radius 1 is 1.11 bits per heavy atom. The van der Waals surface area contributed by atoms with Gasteiger partial charge in [-0.05, 0) is 55.3 Å². The van der Waals surface area contributed by atoms with E-state index in [1.165, 1.54) is 31.2 Å². The molecule has 0 radical (unpaired) electrons. The molecular formula is C19H19FN2O5. The minimum Gasteiger partial charge on any atom is -0.481 e. The van der Waals surface area contributed by atoms with Gasteiger partial charge in [0.1, 0.15) is 11.6 Å². The fourth-order valence-corrected chi connectivity index (χ4v) is 2.42. The number of benzene rings is 2. The lowest BCUT2D eigenvalue weighted by Crippen LogP contribution is -2.47. The highest BCUT2D eigenvalue weighted by molar-refractivity contribution is 5.84. The second-order valence-electron chi connectivity index (χ2n) is 5.94. The maximum absolute atomic E-state index is 12.9. The molecule has 0 aliphatic carbocycles. The molecule has 1 aliphatic heterocycles. The van der Waals surface area contributed by atoms with Gasteiger partial charge in [-0.1, -0.05) is 6.07 Å². The van der Waals surface area contributed by atoms with Crippen LogP contribution in [0.25, 0.3) is 0 Å². The highest BCUT2D eigenvalue weighted by atomic mass is 19.1. The van der Waals surface area contributed by atoms with Gasteiger partial charge in [0.25, 0.3) is 5.91 Å². The van der Waals surface area contributed by atoms with E-state index in [2.05, 4.69) is 10.9 Å². The van der Waals surface area contributed by atoms with Crippen LogP contribution in [0, 0.1) is 5.82 Å². The molecule has 0 bridgehead atoms. The fourth-order valence-electron chi connectivity index (χ4n) is 2.42. The molecule has 2 amide bonds. The van der Waals surface area contributed by atoms with E-state index in [9.17, 15) is 14.0 Å². The van der Waals surface area contributed by atoms with Gasteiger partial charge >= 0.3 is 0 Å². The number of carbonyl (C=O) groups excluding carboxylic acids is 2. The summed E-state index contributed by atoms with van der Waals surface area (Å²) in [5, 5.41) is 0. The Hall–Kier alpha value is -3.29. The first kappa shape index (κ1) is 18.5. The molecule has 1 heterocycles. The van der Waals surface area contributed by atoms with Gasteiger partial charge < -0.3 is 14.2 Å². The highest BCUT2D eigenvalue weighted by Crippen LogP contribution is 2.32. The summed E-state index contributed by atoms with van der Waals surface area (Å²) >= 11 is 0. The van der Waals surface area contributed by atoms with Crippen LogP contribution in [-0.2, 0) is 16.0 Å². The summed E-state index contributed by atoms with van der Waals surface area (Å²) in [6, 6.07) is 10.8. The van der Waals surface area contributed by atoms with Crippen molar-refractivity contribution in [2.24, 2.45) is 0 Å². The predicted octanol–water partition coefficient (Wildman–Crippen LogP) is 2.10. The first-order valence-corrected chi connectivity index (χ1v) is 8.41. The first-order valence-electron chi connectivity index (χ1n) is 8.41. The van der Waals surface area contributed by atoms with Crippen molar-refractivity contribution >= 4 is 11.8 Å². The topological polar surface area (TPSA) is 85.9 Å². The fraction of sp³-hybridized carbons (Fsp3) is 0.263. The number of aryl methyl sites for hydroxylation is 1. The second kappa shape index (κ2) is 8.39. The van der Waals surface area contributed by atoms with Crippen LogP contribution in [-0.4, -0.2) is 24.7 Å². The number of carbonyl (C=O) groups is 2. The van der Waals surface area contributed by atoms with E-state index in [0.717, 1.165) is 5.56 Å². The van der Waals surface area contributed by atoms with Crippen LogP contribution < -0.4 is 25.1 Å². The molecule has 1 aliphatic rings. The van der Waals surface area contributed by atoms with Crippen molar-refractivity contribution in [1.82, 2.24) is 10.9 Å². The summed E-state index contributed by atoms with van der Waals surface area (Å²) in [6.07, 6.45) is -0.183. The average molecular weight is 374 g/mol. The number of hydrogen-bond acceptors (Lipinski definition) is 5. The summed E-state index contributed by atoms with van der Waals surface area (Å²) in [4.78, 5) is 23.9. The van der Waals surface area contributed by atoms with Crippen LogP contribution in [0.4, 0.5) is 4.39 Å². The number of hydrazine groups is 1. The lowest BCUT2D eigenvalue weighted by atomic mass is 10.1. The van der Waals surface area contributed by atoms with Crippen molar-refractivity contribution in [3.05, 3.63) is 53.8 Å². The van der Waals surface area contributed by atoms with E-state index in [1.807, 2.05) is 12.1 Å². The molecule has 0 aromatic heterocycles. The summed E-state index contributed by atoms with van der Waals surface area (Å²) in [6.45, 7) is 1.72. The second-order valence-corrected chi connectivity index (χ2v) is 5.94. The van der Waals surface area contributed by atoms with Gasteiger partial charge in [-0.3, -0.25) is 20.4 Å². The molecule has 8 heteroatoms. The summed E-state index contributed by atoms with van der Waals surface area (Å²) in [5.74, 6) is 0.451. The Balaban J connectivity index is 1.40. The lowest BCUT2D eigenvalue weighted by molar-refractivity contribution is -0.132. The highest BCUT2D eigenvalue weighted by Gasteiger charge is 2.16. The zero-order valence-corrected chi connectivity index (χ0v) is 14.7. The molecule has 2 aromatic rings. The van der Waals surface area contributed by atoms with E-state index in [0.29, 0.717) is 23.7 Å². The third-order valence-corrected chi connectivity index (χ3v) is 3.90. The molecule has 3 rings (SSSR count). The Morgan fingerprint density at radius 3 is 2.63 bits per heavy atom. The van der Waals surface area contributed by atoms with E-state index >= 15 is 0 Å². The van der Waals surface area contributed by atoms with Gasteiger partial charge in [0, 0.05) is 6.42 Å². The Morgan fingerprint density at radius 2 is 1.85 bits per heavy atom. The van der Waals surface area contributed by atoms with E-state index in [4.69, 9.17) is 14.2 Å². The minimum atomic E-state index is -0.857. The van der Waals surface area contributed by atoms with E-state index < -0.39 is 17.8 Å².